The molecule has 190 valence electrons. The zero-order chi connectivity index (χ0) is 26.5. The molecule has 0 aliphatic carbocycles. The molecule has 1 heterocycles. The summed E-state index contributed by atoms with van der Waals surface area (Å²) in [7, 11) is 0. The van der Waals surface area contributed by atoms with Gasteiger partial charge in [0.1, 0.15) is 0 Å². The van der Waals surface area contributed by atoms with Crippen LogP contribution in [0.4, 0.5) is 18.9 Å². The van der Waals surface area contributed by atoms with Gasteiger partial charge in [0.2, 0.25) is 5.91 Å². The number of nitrogens with one attached hydrogen (secondary N) is 2. The maximum atomic E-state index is 12.9. The molecule has 0 radical (unpaired) electrons. The van der Waals surface area contributed by atoms with Crippen LogP contribution in [0.15, 0.2) is 54.2 Å². The number of alkyl halides is 3. The van der Waals surface area contributed by atoms with Crippen molar-refractivity contribution in [2.45, 2.75) is 24.4 Å². The van der Waals surface area contributed by atoms with Crippen LogP contribution in [-0.2, 0) is 24.1 Å². The van der Waals surface area contributed by atoms with Gasteiger partial charge in [0, 0.05) is 11.6 Å². The van der Waals surface area contributed by atoms with Gasteiger partial charge in [-0.3, -0.25) is 9.59 Å². The number of amides is 2. The monoisotopic (exact) mass is 577 g/mol. The number of aromatic nitrogens is 3. The molecular weight excluding hydrogens is 562 g/mol. The van der Waals surface area contributed by atoms with Crippen molar-refractivity contribution in [1.29, 1.82) is 0 Å². The van der Waals surface area contributed by atoms with E-state index < -0.39 is 23.6 Å². The van der Waals surface area contributed by atoms with E-state index in [-0.39, 0.29) is 40.1 Å². The Bertz CT molecular complexity index is 1300. The molecule has 0 bridgehead atoms. The predicted octanol–water partition coefficient (Wildman–Crippen LogP) is 6.10. The Labute approximate surface area is 223 Å². The predicted molar refractivity (Wildman–Crippen MR) is 134 cm³/mol. The van der Waals surface area contributed by atoms with Crippen LogP contribution in [-0.4, -0.2) is 32.3 Å². The summed E-state index contributed by atoms with van der Waals surface area (Å²) in [5.74, 6) is -0.843. The molecule has 0 saturated carbocycles. The van der Waals surface area contributed by atoms with E-state index in [2.05, 4.69) is 27.4 Å². The molecule has 36 heavy (non-hydrogen) atoms. The fourth-order valence-corrected chi connectivity index (χ4v) is 4.34. The number of carbonyl (C=O) groups excluding carboxylic acids is 2. The number of allylic oxidation sites excluding steroid dienone is 1. The maximum absolute atomic E-state index is 12.9. The van der Waals surface area contributed by atoms with E-state index in [0.717, 1.165) is 30.0 Å². The van der Waals surface area contributed by atoms with Gasteiger partial charge in [0.15, 0.2) is 11.0 Å². The van der Waals surface area contributed by atoms with Crippen molar-refractivity contribution in [2.75, 3.05) is 11.1 Å². The van der Waals surface area contributed by atoms with Crippen molar-refractivity contribution >= 4 is 64.1 Å². The summed E-state index contributed by atoms with van der Waals surface area (Å²) in [5.41, 5.74) is -0.864. The lowest BCUT2D eigenvalue weighted by Gasteiger charge is -2.12. The molecular formula is C22H17Cl3F3N5O2S. The van der Waals surface area contributed by atoms with Crippen LogP contribution in [0.25, 0.3) is 0 Å². The minimum Gasteiger partial charge on any atom is -0.345 e. The highest BCUT2D eigenvalue weighted by molar-refractivity contribution is 7.99. The van der Waals surface area contributed by atoms with Gasteiger partial charge < -0.3 is 15.2 Å². The van der Waals surface area contributed by atoms with Crippen molar-refractivity contribution in [3.05, 3.63) is 81.1 Å². The smallest absolute Gasteiger partial charge is 0.345 e. The standard InChI is InChI=1S/C22H17Cl3F3N5O2S/c1-2-7-33-18(10-29-20(35)14-5-4-13(23)9-16(14)25)31-32-21(33)36-11-19(34)30-17-8-12(22(26,27)28)3-6-15(17)24/h2-6,8-9H,1,7,10-11H2,(H,29,35)(H,30,34). The van der Waals surface area contributed by atoms with E-state index in [9.17, 15) is 22.8 Å². The second kappa shape index (κ2) is 12.0. The zero-order valence-electron chi connectivity index (χ0n) is 18.2. The lowest BCUT2D eigenvalue weighted by molar-refractivity contribution is -0.137. The second-order valence-electron chi connectivity index (χ2n) is 7.13. The summed E-state index contributed by atoms with van der Waals surface area (Å²) in [5, 5.41) is 14.0. The van der Waals surface area contributed by atoms with E-state index in [4.69, 9.17) is 34.8 Å². The number of hydrogen-bond donors (Lipinski definition) is 2. The summed E-state index contributed by atoms with van der Waals surface area (Å²) in [6.45, 7) is 3.97. The van der Waals surface area contributed by atoms with Crippen molar-refractivity contribution in [3.8, 4) is 0 Å². The number of halogens is 6. The molecule has 0 atom stereocenters. The average Bonchev–Trinajstić information content (AvgIpc) is 3.18. The Kier molecular flexibility index (Phi) is 9.29. The normalized spacial score (nSPS) is 11.3. The Morgan fingerprint density at radius 3 is 2.50 bits per heavy atom. The first-order valence-corrected chi connectivity index (χ1v) is 12.2. The zero-order valence-corrected chi connectivity index (χ0v) is 21.3. The molecule has 0 aliphatic heterocycles. The Hall–Kier alpha value is -2.73. The summed E-state index contributed by atoms with van der Waals surface area (Å²) >= 11 is 18.8. The lowest BCUT2D eigenvalue weighted by Crippen LogP contribution is -2.25. The van der Waals surface area contributed by atoms with Gasteiger partial charge in [-0.25, -0.2) is 0 Å². The fourth-order valence-electron chi connectivity index (χ4n) is 2.91. The number of benzene rings is 2. The van der Waals surface area contributed by atoms with Crippen LogP contribution >= 0.6 is 46.6 Å². The third kappa shape index (κ3) is 7.16. The van der Waals surface area contributed by atoms with E-state index in [1.54, 1.807) is 10.6 Å². The first-order valence-electron chi connectivity index (χ1n) is 10.0. The number of rotatable bonds is 9. The van der Waals surface area contributed by atoms with Gasteiger partial charge in [-0.05, 0) is 36.4 Å². The number of anilines is 1. The summed E-state index contributed by atoms with van der Waals surface area (Å²) in [6, 6.07) is 7.13. The topological polar surface area (TPSA) is 88.9 Å². The van der Waals surface area contributed by atoms with E-state index in [1.807, 2.05) is 0 Å². The van der Waals surface area contributed by atoms with Crippen LogP contribution in [0.3, 0.4) is 0 Å². The molecule has 14 heteroatoms. The highest BCUT2D eigenvalue weighted by Crippen LogP contribution is 2.34. The number of thioether (sulfide) groups is 1. The highest BCUT2D eigenvalue weighted by Gasteiger charge is 2.31. The summed E-state index contributed by atoms with van der Waals surface area (Å²) in [4.78, 5) is 24.8. The van der Waals surface area contributed by atoms with Crippen molar-refractivity contribution < 1.29 is 22.8 Å². The van der Waals surface area contributed by atoms with Gasteiger partial charge in [-0.2, -0.15) is 13.2 Å². The van der Waals surface area contributed by atoms with Gasteiger partial charge in [0.05, 0.1) is 39.2 Å². The molecule has 3 aromatic rings. The molecule has 1 aromatic heterocycles. The average molecular weight is 579 g/mol. The first-order chi connectivity index (χ1) is 17.0. The van der Waals surface area contributed by atoms with Crippen LogP contribution in [0.1, 0.15) is 21.7 Å². The van der Waals surface area contributed by atoms with Gasteiger partial charge in [-0.1, -0.05) is 52.6 Å². The molecule has 0 saturated heterocycles. The molecule has 7 nitrogen and oxygen atoms in total. The van der Waals surface area contributed by atoms with Crippen LogP contribution < -0.4 is 10.6 Å². The molecule has 0 fully saturated rings. The molecule has 0 aliphatic rings. The third-order valence-electron chi connectivity index (χ3n) is 4.59. The van der Waals surface area contributed by atoms with Crippen LogP contribution in [0.5, 0.6) is 0 Å². The van der Waals surface area contributed by atoms with Crippen molar-refractivity contribution in [3.63, 3.8) is 0 Å². The minimum absolute atomic E-state index is 0.00519. The number of nitrogens with zero attached hydrogens (tertiary/aromatic N) is 3. The van der Waals surface area contributed by atoms with Gasteiger partial charge in [0.25, 0.3) is 5.91 Å². The SMILES string of the molecule is C=CCn1c(CNC(=O)c2ccc(Cl)cc2Cl)nnc1SCC(=O)Nc1cc(C(F)(F)F)ccc1Cl. The molecule has 2 aromatic carbocycles. The second-order valence-corrected chi connectivity index (χ2v) is 9.33. The van der Waals surface area contributed by atoms with Crippen LogP contribution in [0.2, 0.25) is 15.1 Å². The summed E-state index contributed by atoms with van der Waals surface area (Å²) < 4.78 is 40.5. The minimum atomic E-state index is -4.58. The molecule has 2 amide bonds. The summed E-state index contributed by atoms with van der Waals surface area (Å²) in [6.07, 6.45) is -3.00. The fraction of sp³-hybridized carbons (Fsp3) is 0.182. The largest absolute Gasteiger partial charge is 0.416 e. The third-order valence-corrected chi connectivity index (χ3v) is 6.43. The molecule has 2 N–H and O–H groups in total. The highest BCUT2D eigenvalue weighted by atomic mass is 35.5. The van der Waals surface area contributed by atoms with Gasteiger partial charge >= 0.3 is 6.18 Å². The quantitative estimate of drug-likeness (QED) is 0.236. The van der Waals surface area contributed by atoms with Gasteiger partial charge in [-0.15, -0.1) is 16.8 Å². The lowest BCUT2D eigenvalue weighted by atomic mass is 10.2. The first kappa shape index (κ1) is 27.9. The molecule has 0 unspecified atom stereocenters. The van der Waals surface area contributed by atoms with E-state index in [0.29, 0.717) is 16.0 Å². The molecule has 0 spiro atoms. The van der Waals surface area contributed by atoms with E-state index >= 15 is 0 Å². The Morgan fingerprint density at radius 2 is 1.83 bits per heavy atom. The Balaban J connectivity index is 1.65. The molecule has 3 rings (SSSR count). The van der Waals surface area contributed by atoms with Crippen molar-refractivity contribution in [2.24, 2.45) is 0 Å². The van der Waals surface area contributed by atoms with E-state index in [1.165, 1.54) is 18.2 Å². The number of hydrogen-bond acceptors (Lipinski definition) is 5. The van der Waals surface area contributed by atoms with Crippen LogP contribution in [0, 0.1) is 0 Å². The number of carbonyl (C=O) groups is 2. The van der Waals surface area contributed by atoms with Crippen molar-refractivity contribution in [1.82, 2.24) is 20.1 Å². The maximum Gasteiger partial charge on any atom is 0.416 e. The Morgan fingerprint density at radius 1 is 1.08 bits per heavy atom.